The Morgan fingerprint density at radius 1 is 0.972 bits per heavy atom. The van der Waals surface area contributed by atoms with Gasteiger partial charge in [-0.25, -0.2) is 4.39 Å². The number of carbonyl (C=O) groups is 2. The van der Waals surface area contributed by atoms with Gasteiger partial charge >= 0.3 is 6.61 Å². The number of methoxy groups -OCH3 is 1. The minimum absolute atomic E-state index is 0.0132. The molecule has 0 aliphatic carbocycles. The summed E-state index contributed by atoms with van der Waals surface area (Å²) in [6, 6.07) is 16.7. The number of ether oxygens (including phenoxy) is 2. The Morgan fingerprint density at radius 3 is 2.25 bits per heavy atom. The Balaban J connectivity index is 1.43. The fourth-order valence-electron chi connectivity index (χ4n) is 4.17. The number of hydrogen-bond acceptors (Lipinski definition) is 4. The van der Waals surface area contributed by atoms with Crippen molar-refractivity contribution >= 4 is 17.5 Å². The van der Waals surface area contributed by atoms with E-state index in [0.29, 0.717) is 54.1 Å². The highest BCUT2D eigenvalue weighted by Gasteiger charge is 2.28. The third-order valence-corrected chi connectivity index (χ3v) is 6.11. The zero-order valence-corrected chi connectivity index (χ0v) is 19.5. The van der Waals surface area contributed by atoms with E-state index in [2.05, 4.69) is 10.1 Å². The lowest BCUT2D eigenvalue weighted by molar-refractivity contribution is -0.121. The van der Waals surface area contributed by atoms with Crippen molar-refractivity contribution in [3.63, 3.8) is 0 Å². The molecule has 1 saturated heterocycles. The summed E-state index contributed by atoms with van der Waals surface area (Å²) in [4.78, 5) is 27.2. The van der Waals surface area contributed by atoms with Gasteiger partial charge in [-0.05, 0) is 73.0 Å². The molecule has 36 heavy (non-hydrogen) atoms. The van der Waals surface area contributed by atoms with Crippen LogP contribution in [0, 0.1) is 11.7 Å². The number of piperidine rings is 1. The van der Waals surface area contributed by atoms with Crippen molar-refractivity contribution in [3.05, 3.63) is 78.1 Å². The Bertz CT molecular complexity index is 1210. The maximum atomic E-state index is 13.1. The average Bonchev–Trinajstić information content (AvgIpc) is 2.89. The number of halogens is 3. The zero-order chi connectivity index (χ0) is 25.7. The number of anilines is 1. The van der Waals surface area contributed by atoms with Crippen molar-refractivity contribution in [2.75, 3.05) is 25.5 Å². The van der Waals surface area contributed by atoms with Crippen molar-refractivity contribution in [2.45, 2.75) is 19.5 Å². The molecule has 3 aromatic rings. The summed E-state index contributed by atoms with van der Waals surface area (Å²) in [6.45, 7) is -2.20. The highest BCUT2D eigenvalue weighted by atomic mass is 19.3. The van der Waals surface area contributed by atoms with E-state index >= 15 is 0 Å². The molecule has 1 fully saturated rings. The van der Waals surface area contributed by atoms with Gasteiger partial charge in [0.2, 0.25) is 5.91 Å². The fourth-order valence-corrected chi connectivity index (χ4v) is 4.17. The molecule has 2 amide bonds. The molecule has 3 aromatic carbocycles. The maximum Gasteiger partial charge on any atom is 0.387 e. The van der Waals surface area contributed by atoms with E-state index in [9.17, 15) is 22.8 Å². The van der Waals surface area contributed by atoms with Crippen LogP contribution in [0.15, 0.2) is 66.7 Å². The third kappa shape index (κ3) is 5.97. The van der Waals surface area contributed by atoms with Crippen LogP contribution in [0.25, 0.3) is 11.1 Å². The molecule has 1 heterocycles. The summed E-state index contributed by atoms with van der Waals surface area (Å²) in [6.07, 6.45) is 0.938. The van der Waals surface area contributed by atoms with Crippen LogP contribution in [0.2, 0.25) is 0 Å². The zero-order valence-electron chi connectivity index (χ0n) is 19.5. The predicted molar refractivity (Wildman–Crippen MR) is 129 cm³/mol. The van der Waals surface area contributed by atoms with Gasteiger partial charge in [-0.3, -0.25) is 9.59 Å². The summed E-state index contributed by atoms with van der Waals surface area (Å²) in [5, 5.41) is 2.86. The van der Waals surface area contributed by atoms with E-state index < -0.39 is 12.4 Å². The SMILES string of the molecule is COc1ccc(-c2cc(NC(=O)C3CCN(C(=O)c4ccc(F)cc4)CC3)ccc2OC(F)F)cc1. The molecule has 0 unspecified atom stereocenters. The molecule has 0 radical (unpaired) electrons. The Morgan fingerprint density at radius 2 is 1.64 bits per heavy atom. The average molecular weight is 499 g/mol. The summed E-state index contributed by atoms with van der Waals surface area (Å²) < 4.78 is 48.8. The normalized spacial score (nSPS) is 14.0. The minimum Gasteiger partial charge on any atom is -0.497 e. The molecular formula is C27H25F3N2O4. The lowest BCUT2D eigenvalue weighted by Crippen LogP contribution is -2.41. The first kappa shape index (κ1) is 25.1. The van der Waals surface area contributed by atoms with Gasteiger partial charge in [-0.2, -0.15) is 8.78 Å². The minimum atomic E-state index is -3.00. The van der Waals surface area contributed by atoms with E-state index in [-0.39, 0.29) is 23.5 Å². The van der Waals surface area contributed by atoms with Crippen LogP contribution in [0.5, 0.6) is 11.5 Å². The lowest BCUT2D eigenvalue weighted by Gasteiger charge is -2.31. The number of amides is 2. The van der Waals surface area contributed by atoms with Gasteiger partial charge in [0, 0.05) is 35.8 Å². The first-order chi connectivity index (χ1) is 17.3. The number of nitrogens with one attached hydrogen (secondary N) is 1. The van der Waals surface area contributed by atoms with Crippen molar-refractivity contribution in [2.24, 2.45) is 5.92 Å². The fraction of sp³-hybridized carbons (Fsp3) is 0.259. The summed E-state index contributed by atoms with van der Waals surface area (Å²) in [7, 11) is 1.53. The first-order valence-corrected chi connectivity index (χ1v) is 11.4. The predicted octanol–water partition coefficient (Wildman–Crippen LogP) is 5.59. The molecule has 188 valence electrons. The van der Waals surface area contributed by atoms with Crippen molar-refractivity contribution < 1.29 is 32.2 Å². The van der Waals surface area contributed by atoms with E-state index in [1.807, 2.05) is 0 Å². The van der Waals surface area contributed by atoms with Crippen LogP contribution in [-0.4, -0.2) is 43.5 Å². The largest absolute Gasteiger partial charge is 0.497 e. The number of carbonyl (C=O) groups excluding carboxylic acids is 2. The lowest BCUT2D eigenvalue weighted by atomic mass is 9.95. The summed E-state index contributed by atoms with van der Waals surface area (Å²) >= 11 is 0. The molecular weight excluding hydrogens is 473 g/mol. The van der Waals surface area contributed by atoms with E-state index in [1.165, 1.54) is 43.5 Å². The molecule has 6 nitrogen and oxygen atoms in total. The molecule has 0 atom stereocenters. The smallest absolute Gasteiger partial charge is 0.387 e. The monoisotopic (exact) mass is 498 g/mol. The van der Waals surface area contributed by atoms with Crippen LogP contribution in [-0.2, 0) is 4.79 Å². The number of hydrogen-bond donors (Lipinski definition) is 1. The number of nitrogens with zero attached hydrogens (tertiary/aromatic N) is 1. The van der Waals surface area contributed by atoms with Gasteiger partial charge in [-0.1, -0.05) is 12.1 Å². The molecule has 4 rings (SSSR count). The van der Waals surface area contributed by atoms with Gasteiger partial charge in [0.05, 0.1) is 7.11 Å². The Hall–Kier alpha value is -4.01. The van der Waals surface area contributed by atoms with Gasteiger partial charge in [0.15, 0.2) is 0 Å². The van der Waals surface area contributed by atoms with Gasteiger partial charge in [0.25, 0.3) is 5.91 Å². The van der Waals surface area contributed by atoms with E-state index in [1.54, 1.807) is 35.2 Å². The van der Waals surface area contributed by atoms with E-state index in [4.69, 9.17) is 4.74 Å². The van der Waals surface area contributed by atoms with Crippen LogP contribution in [0.4, 0.5) is 18.9 Å². The van der Waals surface area contributed by atoms with Crippen molar-refractivity contribution in [1.29, 1.82) is 0 Å². The van der Waals surface area contributed by atoms with Crippen molar-refractivity contribution in [1.82, 2.24) is 4.90 Å². The Labute approximate surface area is 206 Å². The van der Waals surface area contributed by atoms with Gasteiger partial charge < -0.3 is 19.7 Å². The van der Waals surface area contributed by atoms with Crippen molar-refractivity contribution in [3.8, 4) is 22.6 Å². The molecule has 9 heteroatoms. The maximum absolute atomic E-state index is 13.1. The van der Waals surface area contributed by atoms with Gasteiger partial charge in [-0.15, -0.1) is 0 Å². The summed E-state index contributed by atoms with van der Waals surface area (Å²) in [5.74, 6) is -0.543. The van der Waals surface area contributed by atoms with Crippen LogP contribution >= 0.6 is 0 Å². The molecule has 0 aromatic heterocycles. The topological polar surface area (TPSA) is 67.9 Å². The number of rotatable bonds is 7. The van der Waals surface area contributed by atoms with Crippen LogP contribution in [0.3, 0.4) is 0 Å². The molecule has 1 N–H and O–H groups in total. The highest BCUT2D eigenvalue weighted by Crippen LogP contribution is 2.35. The van der Waals surface area contributed by atoms with Crippen LogP contribution < -0.4 is 14.8 Å². The quantitative estimate of drug-likeness (QED) is 0.461. The number of benzene rings is 3. The molecule has 0 spiro atoms. The highest BCUT2D eigenvalue weighted by molar-refractivity contribution is 5.95. The molecule has 0 bridgehead atoms. The summed E-state index contributed by atoms with van der Waals surface area (Å²) in [5.41, 5.74) is 1.86. The van der Waals surface area contributed by atoms with Crippen LogP contribution in [0.1, 0.15) is 23.2 Å². The third-order valence-electron chi connectivity index (χ3n) is 6.11. The molecule has 1 aliphatic heterocycles. The second kappa shape index (κ2) is 11.2. The first-order valence-electron chi connectivity index (χ1n) is 11.4. The Kier molecular flexibility index (Phi) is 7.77. The molecule has 0 saturated carbocycles. The second-order valence-electron chi connectivity index (χ2n) is 8.38. The number of alkyl halides is 2. The van der Waals surface area contributed by atoms with E-state index in [0.717, 1.165) is 0 Å². The molecule has 1 aliphatic rings. The van der Waals surface area contributed by atoms with Gasteiger partial charge in [0.1, 0.15) is 17.3 Å². The standard InChI is InChI=1S/C27H25F3N2O4/c1-35-22-9-4-17(5-10-22)23-16-21(8-11-24(23)36-27(29)30)31-25(33)18-12-14-32(15-13-18)26(34)19-2-6-20(28)7-3-19/h2-11,16,18,27H,12-15H2,1H3,(H,31,33). The number of likely N-dealkylation sites (tertiary alicyclic amines) is 1. The second-order valence-corrected chi connectivity index (χ2v) is 8.38.